The molecule has 1 aromatic heterocycles. The van der Waals surface area contributed by atoms with E-state index in [1.54, 1.807) is 22.0 Å². The Labute approximate surface area is 137 Å². The van der Waals surface area contributed by atoms with E-state index in [0.29, 0.717) is 39.5 Å². The van der Waals surface area contributed by atoms with Crippen LogP contribution in [0.4, 0.5) is 4.79 Å². The van der Waals surface area contributed by atoms with Crippen LogP contribution >= 0.6 is 0 Å². The zero-order valence-corrected chi connectivity index (χ0v) is 14.6. The van der Waals surface area contributed by atoms with Crippen LogP contribution in [0.25, 0.3) is 0 Å². The van der Waals surface area contributed by atoms with Crippen molar-refractivity contribution >= 4 is 6.03 Å². The molecule has 1 amide bonds. The molecule has 20 heavy (non-hydrogen) atoms. The number of rotatable bonds is 8. The van der Waals surface area contributed by atoms with Crippen molar-refractivity contribution in [2.45, 2.75) is 13.8 Å². The van der Waals surface area contributed by atoms with Crippen LogP contribution in [-0.2, 0) is 16.5 Å². The number of imidazole rings is 1. The summed E-state index contributed by atoms with van der Waals surface area (Å²) in [4.78, 5) is 14.1. The largest absolute Gasteiger partial charge is 1.00 e. The number of halogens is 1. The van der Waals surface area contributed by atoms with E-state index in [4.69, 9.17) is 9.47 Å². The third kappa shape index (κ3) is 6.67. The van der Waals surface area contributed by atoms with Gasteiger partial charge in [0.25, 0.3) is 6.33 Å². The molecule has 0 saturated carbocycles. The molecule has 0 bridgehead atoms. The topological polar surface area (TPSA) is 47.6 Å². The van der Waals surface area contributed by atoms with Crippen LogP contribution < -0.4 is 28.5 Å². The second kappa shape index (κ2) is 11.0. The van der Waals surface area contributed by atoms with Gasteiger partial charge in [-0.1, -0.05) is 0 Å². The molecule has 1 rings (SSSR count). The molecule has 0 aliphatic rings. The first-order valence-corrected chi connectivity index (χ1v) is 6.67. The highest BCUT2D eigenvalue weighted by Crippen LogP contribution is 1.97. The second-order valence-electron chi connectivity index (χ2n) is 4.15. The van der Waals surface area contributed by atoms with Crippen LogP contribution in [0.2, 0.25) is 0 Å². The minimum Gasteiger partial charge on any atom is -1.00 e. The molecule has 0 aromatic carbocycles. The van der Waals surface area contributed by atoms with Crippen LogP contribution in [0.3, 0.4) is 0 Å². The van der Waals surface area contributed by atoms with Gasteiger partial charge in [0.15, 0.2) is 0 Å². The summed E-state index contributed by atoms with van der Waals surface area (Å²) >= 11 is 0. The van der Waals surface area contributed by atoms with Crippen LogP contribution in [0.1, 0.15) is 13.8 Å². The molecule has 6 nitrogen and oxygen atoms in total. The smallest absolute Gasteiger partial charge is 0.415 e. The van der Waals surface area contributed by atoms with Gasteiger partial charge in [0.05, 0.1) is 20.3 Å². The zero-order chi connectivity index (χ0) is 14.1. The standard InChI is InChI=1S/C13H24N3O3.HI/c1-4-18-10-8-15(9-11-19-5-2)13(17)16-7-6-14(3)12-16;/h6-7,12H,4-5,8-11H2,1-3H3;1H/q+1;/p-1. The zero-order valence-electron chi connectivity index (χ0n) is 12.4. The summed E-state index contributed by atoms with van der Waals surface area (Å²) in [6.45, 7) is 7.43. The lowest BCUT2D eigenvalue weighted by Crippen LogP contribution is -3.00. The van der Waals surface area contributed by atoms with Crippen molar-refractivity contribution < 1.29 is 42.8 Å². The van der Waals surface area contributed by atoms with Gasteiger partial charge in [0, 0.05) is 26.3 Å². The minimum atomic E-state index is -0.0555. The Morgan fingerprint density at radius 1 is 1.20 bits per heavy atom. The molecule has 0 radical (unpaired) electrons. The first kappa shape index (κ1) is 19.3. The van der Waals surface area contributed by atoms with Crippen molar-refractivity contribution in [1.82, 2.24) is 9.47 Å². The van der Waals surface area contributed by atoms with Gasteiger partial charge in [-0.3, -0.25) is 4.90 Å². The van der Waals surface area contributed by atoms with Gasteiger partial charge in [-0.15, -0.1) is 0 Å². The molecule has 1 aromatic rings. The Balaban J connectivity index is 0.00000361. The Bertz CT molecular complexity index is 375. The maximum Gasteiger partial charge on any atom is 0.415 e. The average Bonchev–Trinajstić information content (AvgIpc) is 2.83. The van der Waals surface area contributed by atoms with Gasteiger partial charge in [-0.25, -0.2) is 9.36 Å². The number of carbonyl (C=O) groups excluding carboxylic acids is 1. The molecule has 0 aliphatic carbocycles. The van der Waals surface area contributed by atoms with E-state index in [2.05, 4.69) is 0 Å². The molecule has 1 heterocycles. The summed E-state index contributed by atoms with van der Waals surface area (Å²) in [5.41, 5.74) is 0. The normalized spacial score (nSPS) is 10.2. The van der Waals surface area contributed by atoms with Crippen LogP contribution in [-0.4, -0.2) is 55.0 Å². The van der Waals surface area contributed by atoms with E-state index in [0.717, 1.165) is 0 Å². The van der Waals surface area contributed by atoms with E-state index >= 15 is 0 Å². The summed E-state index contributed by atoms with van der Waals surface area (Å²) in [7, 11) is 1.88. The SMILES string of the molecule is CCOCCN(CCOCC)C(=O)n1cc[n+](C)c1.[I-]. The molecule has 0 saturated heterocycles. The summed E-state index contributed by atoms with van der Waals surface area (Å²) < 4.78 is 14.0. The van der Waals surface area contributed by atoms with Crippen molar-refractivity contribution in [2.75, 3.05) is 39.5 Å². The molecular formula is C13H24IN3O3. The molecule has 0 aliphatic heterocycles. The summed E-state index contributed by atoms with van der Waals surface area (Å²) in [5, 5.41) is 0. The third-order valence-electron chi connectivity index (χ3n) is 2.68. The molecule has 0 spiro atoms. The predicted octanol–water partition coefficient (Wildman–Crippen LogP) is -2.34. The third-order valence-corrected chi connectivity index (χ3v) is 2.68. The van der Waals surface area contributed by atoms with Gasteiger partial charge in [-0.2, -0.15) is 4.57 Å². The highest BCUT2D eigenvalue weighted by molar-refractivity contribution is 5.76. The number of nitrogens with zero attached hydrogens (tertiary/aromatic N) is 3. The number of carbonyl (C=O) groups is 1. The summed E-state index contributed by atoms with van der Waals surface area (Å²) in [5.74, 6) is 0. The van der Waals surface area contributed by atoms with E-state index in [9.17, 15) is 4.79 Å². The predicted molar refractivity (Wildman–Crippen MR) is 71.0 cm³/mol. The van der Waals surface area contributed by atoms with Crippen molar-refractivity contribution in [2.24, 2.45) is 7.05 Å². The second-order valence-corrected chi connectivity index (χ2v) is 4.15. The van der Waals surface area contributed by atoms with E-state index in [1.807, 2.05) is 31.7 Å². The van der Waals surface area contributed by atoms with Crippen LogP contribution in [0.15, 0.2) is 18.7 Å². The van der Waals surface area contributed by atoms with Crippen LogP contribution in [0, 0.1) is 0 Å². The Morgan fingerprint density at radius 2 is 1.75 bits per heavy atom. The lowest BCUT2D eigenvalue weighted by Gasteiger charge is -2.19. The van der Waals surface area contributed by atoms with Crippen molar-refractivity contribution in [3.05, 3.63) is 18.7 Å². The maximum atomic E-state index is 12.3. The van der Waals surface area contributed by atoms with Gasteiger partial charge in [-0.05, 0) is 13.8 Å². The molecule has 0 atom stereocenters. The Morgan fingerprint density at radius 3 is 2.15 bits per heavy atom. The molecule has 7 heteroatoms. The number of aromatic nitrogens is 2. The number of ether oxygens (including phenoxy) is 2. The van der Waals surface area contributed by atoms with Crippen LogP contribution in [0.5, 0.6) is 0 Å². The monoisotopic (exact) mass is 397 g/mol. The van der Waals surface area contributed by atoms with E-state index in [-0.39, 0.29) is 30.0 Å². The highest BCUT2D eigenvalue weighted by Gasteiger charge is 2.20. The van der Waals surface area contributed by atoms with Crippen molar-refractivity contribution in [3.8, 4) is 0 Å². The van der Waals surface area contributed by atoms with Gasteiger partial charge < -0.3 is 33.5 Å². The lowest BCUT2D eigenvalue weighted by atomic mass is 10.5. The quantitative estimate of drug-likeness (QED) is 0.281. The van der Waals surface area contributed by atoms with Gasteiger partial charge in [0.1, 0.15) is 12.4 Å². The average molecular weight is 397 g/mol. The summed E-state index contributed by atoms with van der Waals surface area (Å²) in [6.07, 6.45) is 5.33. The first-order chi connectivity index (χ1) is 9.19. The maximum absolute atomic E-state index is 12.3. The summed E-state index contributed by atoms with van der Waals surface area (Å²) in [6, 6.07) is -0.0555. The highest BCUT2D eigenvalue weighted by atomic mass is 127. The molecule has 0 unspecified atom stereocenters. The fourth-order valence-corrected chi connectivity index (χ4v) is 1.67. The van der Waals surface area contributed by atoms with E-state index < -0.39 is 0 Å². The fourth-order valence-electron chi connectivity index (χ4n) is 1.67. The first-order valence-electron chi connectivity index (χ1n) is 6.67. The van der Waals surface area contributed by atoms with Crippen molar-refractivity contribution in [1.29, 1.82) is 0 Å². The van der Waals surface area contributed by atoms with Crippen molar-refractivity contribution in [3.63, 3.8) is 0 Å². The lowest BCUT2D eigenvalue weighted by molar-refractivity contribution is -0.670. The number of amides is 1. The Kier molecular flexibility index (Phi) is 10.7. The molecular weight excluding hydrogens is 373 g/mol. The molecule has 116 valence electrons. The van der Waals surface area contributed by atoms with E-state index in [1.165, 1.54) is 0 Å². The number of hydrogen-bond donors (Lipinski definition) is 0. The van der Waals surface area contributed by atoms with Gasteiger partial charge >= 0.3 is 6.03 Å². The minimum absolute atomic E-state index is 0. The molecule has 0 fully saturated rings. The number of aryl methyl sites for hydroxylation is 1. The van der Waals surface area contributed by atoms with Gasteiger partial charge in [0.2, 0.25) is 0 Å². The fraction of sp³-hybridized carbons (Fsp3) is 0.692. The molecule has 0 N–H and O–H groups in total. The Hall–Kier alpha value is -0.670. The number of hydrogen-bond acceptors (Lipinski definition) is 3.